The Morgan fingerprint density at radius 2 is 2.17 bits per heavy atom. The van der Waals surface area contributed by atoms with Crippen LogP contribution in [0.3, 0.4) is 0 Å². The molecule has 0 saturated heterocycles. The van der Waals surface area contributed by atoms with Gasteiger partial charge in [-0.2, -0.15) is 5.10 Å². The summed E-state index contributed by atoms with van der Waals surface area (Å²) >= 11 is 6.68. The monoisotopic (exact) mass is 371 g/mol. The van der Waals surface area contributed by atoms with Gasteiger partial charge >= 0.3 is 0 Å². The smallest absolute Gasteiger partial charge is 0.214 e. The molecule has 0 atom stereocenters. The second kappa shape index (κ2) is 5.24. The van der Waals surface area contributed by atoms with Crippen LogP contribution < -0.4 is 5.73 Å². The van der Waals surface area contributed by atoms with Crippen molar-refractivity contribution in [1.29, 1.82) is 0 Å². The van der Waals surface area contributed by atoms with Gasteiger partial charge in [0, 0.05) is 22.3 Å². The number of benzene rings is 1. The predicted molar refractivity (Wildman–Crippen MR) is 77.6 cm³/mol. The number of hydrogen-bond donors (Lipinski definition) is 1. The minimum Gasteiger partial charge on any atom is -0.398 e. The van der Waals surface area contributed by atoms with Crippen LogP contribution in [0.2, 0.25) is 0 Å². The van der Waals surface area contributed by atoms with Gasteiger partial charge in [-0.05, 0) is 41.1 Å². The zero-order chi connectivity index (χ0) is 13.3. The number of anilines is 1. The minimum absolute atomic E-state index is 0.139. The van der Waals surface area contributed by atoms with Crippen molar-refractivity contribution in [3.05, 3.63) is 44.6 Å². The number of halogens is 2. The molecule has 1 aromatic carbocycles. The molecule has 0 spiro atoms. The second-order valence-electron chi connectivity index (χ2n) is 3.72. The van der Waals surface area contributed by atoms with E-state index in [0.29, 0.717) is 28.0 Å². The molecular weight excluding hydrogens is 362 g/mol. The average molecular weight is 373 g/mol. The fourth-order valence-electron chi connectivity index (χ4n) is 1.68. The molecule has 1 aromatic heterocycles. The topological polar surface area (TPSA) is 60.9 Å². The van der Waals surface area contributed by atoms with Gasteiger partial charge in [-0.15, -0.1) is 0 Å². The highest BCUT2D eigenvalue weighted by Gasteiger charge is 2.20. The largest absolute Gasteiger partial charge is 0.398 e. The van der Waals surface area contributed by atoms with E-state index in [2.05, 4.69) is 37.0 Å². The van der Waals surface area contributed by atoms with E-state index in [4.69, 9.17) is 5.73 Å². The van der Waals surface area contributed by atoms with Crippen LogP contribution in [0, 0.1) is 0 Å². The molecule has 0 aliphatic heterocycles. The van der Waals surface area contributed by atoms with Crippen LogP contribution in [0.5, 0.6) is 0 Å². The summed E-state index contributed by atoms with van der Waals surface area (Å²) in [5.74, 6) is -0.139. The Morgan fingerprint density at radius 3 is 2.83 bits per heavy atom. The Bertz CT molecular complexity index is 607. The van der Waals surface area contributed by atoms with E-state index >= 15 is 0 Å². The van der Waals surface area contributed by atoms with Gasteiger partial charge in [0.05, 0.1) is 10.7 Å². The first-order valence-corrected chi connectivity index (χ1v) is 6.94. The number of ketones is 1. The van der Waals surface area contributed by atoms with Crippen LogP contribution in [-0.2, 0) is 6.54 Å². The molecule has 2 rings (SSSR count). The number of rotatable bonds is 3. The van der Waals surface area contributed by atoms with Crippen molar-refractivity contribution in [3.63, 3.8) is 0 Å². The Labute approximate surface area is 121 Å². The molecule has 0 fully saturated rings. The fraction of sp³-hybridized carbons (Fsp3) is 0.167. The van der Waals surface area contributed by atoms with Crippen LogP contribution in [0.25, 0.3) is 0 Å². The number of aromatic nitrogens is 2. The summed E-state index contributed by atoms with van der Waals surface area (Å²) in [6, 6.07) is 5.23. The first-order chi connectivity index (χ1) is 8.54. The number of nitrogens with zero attached hydrogens (tertiary/aromatic N) is 2. The first kappa shape index (κ1) is 13.3. The summed E-state index contributed by atoms with van der Waals surface area (Å²) in [5, 5.41) is 4.13. The van der Waals surface area contributed by atoms with Gasteiger partial charge in [-0.1, -0.05) is 15.9 Å². The Hall–Kier alpha value is -1.14. The van der Waals surface area contributed by atoms with Crippen molar-refractivity contribution in [2.75, 3.05) is 5.73 Å². The molecule has 0 bridgehead atoms. The lowest BCUT2D eigenvalue weighted by atomic mass is 10.1. The van der Waals surface area contributed by atoms with Crippen LogP contribution in [-0.4, -0.2) is 15.6 Å². The summed E-state index contributed by atoms with van der Waals surface area (Å²) in [7, 11) is 0. The van der Waals surface area contributed by atoms with Crippen molar-refractivity contribution in [2.24, 2.45) is 0 Å². The van der Waals surface area contributed by atoms with Gasteiger partial charge < -0.3 is 5.73 Å². The molecule has 0 aliphatic carbocycles. The van der Waals surface area contributed by atoms with Crippen molar-refractivity contribution in [2.45, 2.75) is 13.5 Å². The Morgan fingerprint density at radius 1 is 1.44 bits per heavy atom. The lowest BCUT2D eigenvalue weighted by molar-refractivity contribution is 0.102. The second-order valence-corrected chi connectivity index (χ2v) is 5.49. The van der Waals surface area contributed by atoms with Crippen LogP contribution in [0.1, 0.15) is 23.0 Å². The average Bonchev–Trinajstić information content (AvgIpc) is 2.72. The van der Waals surface area contributed by atoms with Crippen molar-refractivity contribution in [3.8, 4) is 0 Å². The fourth-order valence-corrected chi connectivity index (χ4v) is 2.52. The van der Waals surface area contributed by atoms with E-state index in [0.717, 1.165) is 4.47 Å². The van der Waals surface area contributed by atoms with Crippen LogP contribution in [0.4, 0.5) is 5.69 Å². The van der Waals surface area contributed by atoms with Gasteiger partial charge in [-0.3, -0.25) is 9.48 Å². The summed E-state index contributed by atoms with van der Waals surface area (Å²) in [4.78, 5) is 12.5. The molecule has 1 heterocycles. The first-order valence-electron chi connectivity index (χ1n) is 5.35. The maximum Gasteiger partial charge on any atom is 0.214 e. The zero-order valence-corrected chi connectivity index (χ0v) is 12.8. The molecular formula is C12H11Br2N3O. The summed E-state index contributed by atoms with van der Waals surface area (Å²) < 4.78 is 3.14. The summed E-state index contributed by atoms with van der Waals surface area (Å²) in [6.07, 6.45) is 1.62. The van der Waals surface area contributed by atoms with Gasteiger partial charge in [0.15, 0.2) is 0 Å². The summed E-state index contributed by atoms with van der Waals surface area (Å²) in [5.41, 5.74) is 7.30. The maximum absolute atomic E-state index is 12.5. The zero-order valence-electron chi connectivity index (χ0n) is 9.65. The predicted octanol–water partition coefficient (Wildman–Crippen LogP) is 3.24. The number of nitrogen functional groups attached to an aromatic ring is 1. The Kier molecular flexibility index (Phi) is 3.87. The molecule has 0 aliphatic rings. The molecule has 0 amide bonds. The van der Waals surface area contributed by atoms with E-state index in [1.807, 2.05) is 6.92 Å². The van der Waals surface area contributed by atoms with E-state index in [-0.39, 0.29) is 5.78 Å². The standard InChI is InChI=1S/C12H11Br2N3O/c1-2-17-11(9(14)6-16-17)12(18)8-5-7(13)3-4-10(8)15/h3-6H,2,15H2,1H3. The molecule has 0 saturated carbocycles. The van der Waals surface area contributed by atoms with E-state index in [9.17, 15) is 4.79 Å². The SMILES string of the molecule is CCn1ncc(Br)c1C(=O)c1cc(Br)ccc1N. The molecule has 4 nitrogen and oxygen atoms in total. The molecule has 2 N–H and O–H groups in total. The molecule has 0 unspecified atom stereocenters. The highest BCUT2D eigenvalue weighted by atomic mass is 79.9. The highest BCUT2D eigenvalue weighted by molar-refractivity contribution is 9.10. The lowest BCUT2D eigenvalue weighted by Gasteiger charge is -2.07. The number of aryl methyl sites for hydroxylation is 1. The minimum atomic E-state index is -0.139. The van der Waals surface area contributed by atoms with Crippen LogP contribution in [0.15, 0.2) is 33.3 Å². The van der Waals surface area contributed by atoms with E-state index in [1.165, 1.54) is 0 Å². The normalized spacial score (nSPS) is 10.6. The number of carbonyl (C=O) groups is 1. The summed E-state index contributed by atoms with van der Waals surface area (Å²) in [6.45, 7) is 2.56. The van der Waals surface area contributed by atoms with E-state index in [1.54, 1.807) is 29.1 Å². The molecule has 94 valence electrons. The van der Waals surface area contributed by atoms with Gasteiger partial charge in [-0.25, -0.2) is 0 Å². The molecule has 2 aromatic rings. The van der Waals surface area contributed by atoms with Gasteiger partial charge in [0.1, 0.15) is 5.69 Å². The van der Waals surface area contributed by atoms with Gasteiger partial charge in [0.25, 0.3) is 0 Å². The molecule has 18 heavy (non-hydrogen) atoms. The third-order valence-corrected chi connectivity index (χ3v) is 3.64. The lowest BCUT2D eigenvalue weighted by Crippen LogP contribution is -2.12. The molecule has 6 heteroatoms. The number of nitrogens with two attached hydrogens (primary N) is 1. The van der Waals surface area contributed by atoms with E-state index < -0.39 is 0 Å². The third-order valence-electron chi connectivity index (χ3n) is 2.57. The molecule has 0 radical (unpaired) electrons. The highest BCUT2D eigenvalue weighted by Crippen LogP contribution is 2.25. The van der Waals surface area contributed by atoms with Gasteiger partial charge in [0.2, 0.25) is 5.78 Å². The van der Waals surface area contributed by atoms with Crippen molar-refractivity contribution < 1.29 is 4.79 Å². The van der Waals surface area contributed by atoms with Crippen LogP contribution >= 0.6 is 31.9 Å². The Balaban J connectivity index is 2.54. The number of hydrogen-bond acceptors (Lipinski definition) is 3. The van der Waals surface area contributed by atoms with Crippen molar-refractivity contribution >= 4 is 43.3 Å². The third kappa shape index (κ3) is 2.35. The quantitative estimate of drug-likeness (QED) is 0.664. The maximum atomic E-state index is 12.5. The number of carbonyl (C=O) groups excluding carboxylic acids is 1. The van der Waals surface area contributed by atoms with Crippen molar-refractivity contribution in [1.82, 2.24) is 9.78 Å².